The molecule has 0 spiro atoms. The van der Waals surface area contributed by atoms with Crippen molar-refractivity contribution in [1.82, 2.24) is 29.3 Å². The summed E-state index contributed by atoms with van der Waals surface area (Å²) in [7, 11) is -15.4. The van der Waals surface area contributed by atoms with Crippen LogP contribution in [0.5, 0.6) is 69.0 Å². The molecule has 0 bridgehead atoms. The standard InChI is InChI=1S/C18H17N3O6S2.C17H14ClN3O6S2.C17H13N3O7S2.C16H12N2O8S2/c1-2-12-9-19-18(23)21(12)6-5-11-8-13(16-17(15(11)22)27-10-26-16)20-29(24,25)14-4-3-7-28-14;1-9-16(18)21(17(23)19-9)5-4-10-7-11(14-15(13(10)22)27-8-26-14)20-29(24,25)12-3-2-6-28-12;21-12-7-11(17(23)19-12)18-4-3-9-6-10(15-16(14(9)22)27-8-26-15)20-29(24,25)13-2-1-5-28-13;19-11-7-24-16(21)18(11)4-3-9-6-10(14-15(13(9)20)26-8-25-14)17-28(22,23)12-2-1-5-27-12/h3-9,20,22H,2,10H2,1H3,(H,19,23);2-7,20,22H,8H2,1H3,(H,19,23);1-2,4-7,20,22H,3,8H2,(H,19,21,23);1-6,17,20H,7-8H2/b6-5+;5-4+;;4-3+. The van der Waals surface area contributed by atoms with E-state index in [1.54, 1.807) is 58.9 Å². The number of imidazole rings is 2. The molecule has 1 fully saturated rings. The van der Waals surface area contributed by atoms with Crippen molar-refractivity contribution in [3.8, 4) is 69.0 Å². The Balaban J connectivity index is 0.000000134. The van der Waals surface area contributed by atoms with E-state index in [2.05, 4.69) is 43.9 Å². The molecule has 0 saturated carbocycles. The summed E-state index contributed by atoms with van der Waals surface area (Å²) in [5.41, 5.74) is 1.58. The highest BCUT2D eigenvalue weighted by atomic mass is 35.5. The number of hydrogen-bond donors (Lipinski definition) is 11. The van der Waals surface area contributed by atoms with Crippen LogP contribution in [0.3, 0.4) is 0 Å². The van der Waals surface area contributed by atoms with E-state index in [1.165, 1.54) is 89.9 Å². The molecule has 115 heavy (non-hydrogen) atoms. The van der Waals surface area contributed by atoms with Gasteiger partial charge in [0.1, 0.15) is 27.7 Å². The minimum absolute atomic E-state index is 0.000257. The van der Waals surface area contributed by atoms with Crippen LogP contribution in [0.4, 0.5) is 27.5 Å². The van der Waals surface area contributed by atoms with Gasteiger partial charge in [-0.15, -0.1) is 45.3 Å². The third kappa shape index (κ3) is 17.3. The van der Waals surface area contributed by atoms with Gasteiger partial charge >= 0.3 is 17.5 Å². The SMILES string of the molecule is CCc1c[nH]c(=O)n1/C=C/c1cc(NS(=O)(=O)c2cccs2)c2c(c1O)OCO2.Cc1[nH]c(=O)n(/C=C/c2cc(NS(=O)(=O)c3cccs3)c3c(c2O)OCO3)c1Cl.O=C1C=C(N=CCc2cc(NS(=O)(=O)c3cccs3)c3c(c2O)OCO3)C(=O)N1.O=C1COC(=O)N1/C=C/c1cc(NS(=O)(=O)c2cccs2)c2c(c1O)OCO2. The number of aromatic amines is 2. The fourth-order valence-corrected chi connectivity index (χ4v) is 19.2. The molecule has 6 aromatic heterocycles. The van der Waals surface area contributed by atoms with Gasteiger partial charge in [-0.05, 0) is 102 Å². The van der Waals surface area contributed by atoms with Crippen LogP contribution in [0.25, 0.3) is 30.6 Å². The van der Waals surface area contributed by atoms with E-state index < -0.39 is 69.6 Å². The molecule has 38 nitrogen and oxygen atoms in total. The summed E-state index contributed by atoms with van der Waals surface area (Å²) in [5, 5.41) is 50.6. The van der Waals surface area contributed by atoms with Crippen LogP contribution in [-0.4, -0.2) is 142 Å². The number of rotatable bonds is 22. The lowest BCUT2D eigenvalue weighted by Crippen LogP contribution is -2.22. The molecule has 47 heteroatoms. The number of carbonyl (C=O) groups is 4. The molecule has 12 heterocycles. The number of aliphatic imine (C=N–C) groups is 1. The fourth-order valence-electron chi connectivity index (χ4n) is 10.9. The number of aromatic hydroxyl groups is 4. The van der Waals surface area contributed by atoms with Crippen molar-refractivity contribution in [3.63, 3.8) is 0 Å². The highest BCUT2D eigenvalue weighted by Crippen LogP contribution is 2.53. The molecule has 16 rings (SSSR count). The number of carbonyl (C=O) groups excluding carboxylic acids is 4. The summed E-state index contributed by atoms with van der Waals surface area (Å²) >= 11 is 10.3. The van der Waals surface area contributed by atoms with Crippen LogP contribution >= 0.6 is 56.9 Å². The molecule has 1 saturated heterocycles. The van der Waals surface area contributed by atoms with E-state index >= 15 is 0 Å². The van der Waals surface area contributed by atoms with Gasteiger partial charge in [-0.2, -0.15) is 0 Å². The molecule has 4 aromatic carbocycles. The maximum atomic E-state index is 12.6. The number of nitrogens with one attached hydrogen (secondary N) is 7. The number of ether oxygens (including phenoxy) is 9. The zero-order valence-electron chi connectivity index (χ0n) is 58.5. The third-order valence-electron chi connectivity index (χ3n) is 16.2. The summed E-state index contributed by atoms with van der Waals surface area (Å²) in [6, 6.07) is 17.8. The monoisotopic (exact) mass is 1750 g/mol. The van der Waals surface area contributed by atoms with Crippen LogP contribution < -0.4 is 73.5 Å². The van der Waals surface area contributed by atoms with Crippen molar-refractivity contribution in [1.29, 1.82) is 0 Å². The van der Waals surface area contributed by atoms with E-state index in [0.29, 0.717) is 12.1 Å². The lowest BCUT2D eigenvalue weighted by molar-refractivity contribution is -0.125. The summed E-state index contributed by atoms with van der Waals surface area (Å²) in [5.74, 6) is -2.50. The van der Waals surface area contributed by atoms with Gasteiger partial charge < -0.3 is 73.0 Å². The van der Waals surface area contributed by atoms with Crippen molar-refractivity contribution in [2.45, 2.75) is 43.5 Å². The number of phenolic OH excluding ortho intramolecular Hbond substituents is 4. The Kier molecular flexibility index (Phi) is 23.2. The molecular weight excluding hydrogens is 1690 g/mol. The maximum Gasteiger partial charge on any atom is 0.421 e. The summed E-state index contributed by atoms with van der Waals surface area (Å²) in [6.07, 6.45) is 11.9. The molecule has 600 valence electrons. The summed E-state index contributed by atoms with van der Waals surface area (Å²) < 4.78 is 160. The van der Waals surface area contributed by atoms with Crippen LogP contribution in [0.1, 0.15) is 40.6 Å². The molecular formula is C68H56ClN11O27S8. The number of sulfonamides is 4. The van der Waals surface area contributed by atoms with E-state index in [1.807, 2.05) is 6.92 Å². The van der Waals surface area contributed by atoms with Crippen LogP contribution in [0.15, 0.2) is 150 Å². The second-order valence-corrected chi connectivity index (χ2v) is 35.4. The first-order valence-corrected chi connectivity index (χ1v) is 42.5. The Morgan fingerprint density at radius 3 is 1.27 bits per heavy atom. The van der Waals surface area contributed by atoms with Gasteiger partial charge in [0.15, 0.2) is 52.6 Å². The zero-order valence-corrected chi connectivity index (χ0v) is 65.8. The quantitative estimate of drug-likeness (QED) is 0.0171. The number of aromatic nitrogens is 4. The lowest BCUT2D eigenvalue weighted by Gasteiger charge is -2.12. The number of amides is 4. The predicted molar refractivity (Wildman–Crippen MR) is 418 cm³/mol. The van der Waals surface area contributed by atoms with Gasteiger partial charge in [-0.25, -0.2) is 53.0 Å². The van der Waals surface area contributed by atoms with Crippen molar-refractivity contribution < 1.29 is 116 Å². The average Bonchev–Trinajstić information content (AvgIpc) is 1.74. The average molecular weight is 1750 g/mol. The molecule has 6 aliphatic rings. The normalized spacial score (nSPS) is 14.6. The number of nitrogens with zero attached hydrogens (tertiary/aromatic N) is 4. The van der Waals surface area contributed by atoms with E-state index in [-0.39, 0.29) is 188 Å². The number of thiophene rings is 4. The molecule has 6 aliphatic heterocycles. The minimum atomic E-state index is -3.88. The number of aryl methyl sites for hydroxylation is 2. The predicted octanol–water partition coefficient (Wildman–Crippen LogP) is 8.80. The Bertz CT molecular complexity index is 6280. The Morgan fingerprint density at radius 1 is 0.522 bits per heavy atom. The maximum absolute atomic E-state index is 12.6. The van der Waals surface area contributed by atoms with E-state index in [9.17, 15) is 82.9 Å². The molecule has 0 radical (unpaired) electrons. The van der Waals surface area contributed by atoms with Crippen molar-refractivity contribution in [3.05, 3.63) is 178 Å². The number of halogens is 1. The lowest BCUT2D eigenvalue weighted by atomic mass is 10.1. The van der Waals surface area contributed by atoms with E-state index in [0.717, 1.165) is 72.8 Å². The van der Waals surface area contributed by atoms with E-state index in [4.69, 9.17) is 49.5 Å². The van der Waals surface area contributed by atoms with Gasteiger partial charge in [0.25, 0.3) is 57.8 Å². The number of phenols is 4. The Hall–Kier alpha value is -12.7. The number of hydrogen-bond acceptors (Lipinski definition) is 32. The smallest absolute Gasteiger partial charge is 0.421 e. The van der Waals surface area contributed by atoms with Crippen LogP contribution in [0.2, 0.25) is 5.15 Å². The molecule has 0 aliphatic carbocycles. The van der Waals surface area contributed by atoms with Crippen LogP contribution in [0, 0.1) is 6.92 Å². The van der Waals surface area contributed by atoms with Crippen molar-refractivity contribution in [2.24, 2.45) is 4.99 Å². The number of cyclic esters (lactones) is 1. The summed E-state index contributed by atoms with van der Waals surface area (Å²) in [4.78, 5) is 79.4. The summed E-state index contributed by atoms with van der Waals surface area (Å²) in [6.45, 7) is 2.46. The topological polar surface area (TPSA) is 520 Å². The van der Waals surface area contributed by atoms with Gasteiger partial charge in [0, 0.05) is 71.5 Å². The fraction of sp³-hybridized carbons (Fsp3) is 0.132. The highest BCUT2D eigenvalue weighted by Gasteiger charge is 2.35. The first kappa shape index (κ1) is 80.4. The van der Waals surface area contributed by atoms with Gasteiger partial charge in [0.2, 0.25) is 50.2 Å². The van der Waals surface area contributed by atoms with Gasteiger partial charge in [0.05, 0.1) is 28.4 Å². The number of imide groups is 2. The molecule has 0 atom stereocenters. The Labute approximate surface area is 669 Å². The minimum Gasteiger partial charge on any atom is -0.504 e. The van der Waals surface area contributed by atoms with Gasteiger partial charge in [-0.3, -0.25) is 52.7 Å². The zero-order chi connectivity index (χ0) is 81.8. The number of fused-ring (bicyclic) bond motifs is 4. The molecule has 4 amide bonds. The first-order valence-electron chi connectivity index (χ1n) is 32.6. The second-order valence-electron chi connectivity index (χ2n) is 23.6. The van der Waals surface area contributed by atoms with Gasteiger partial charge in [-0.1, -0.05) is 42.8 Å². The number of H-pyrrole nitrogens is 2. The molecule has 11 N–H and O–H groups in total. The Morgan fingerprint density at radius 2 is 0.913 bits per heavy atom. The number of anilines is 4. The number of benzene rings is 4. The first-order chi connectivity index (χ1) is 54.9. The largest absolute Gasteiger partial charge is 0.504 e. The van der Waals surface area contributed by atoms with Crippen molar-refractivity contribution >= 4 is 180 Å². The van der Waals surface area contributed by atoms with Crippen LogP contribution in [-0.2, 0) is 72.1 Å². The molecule has 0 unspecified atom stereocenters. The highest BCUT2D eigenvalue weighted by molar-refractivity contribution is 7.95. The van der Waals surface area contributed by atoms with Crippen molar-refractivity contribution in [2.75, 3.05) is 52.7 Å². The molecule has 10 aromatic rings. The third-order valence-corrected chi connectivity index (χ3v) is 27.7. The second kappa shape index (κ2) is 33.2.